The number of carbonyl (C=O) groups excluding carboxylic acids is 1. The smallest absolute Gasteiger partial charge is 0.423 e. The van der Waals surface area contributed by atoms with Gasteiger partial charge in [-0.1, -0.05) is 36.4 Å². The Hall–Kier alpha value is -3.89. The number of nitrogens with one attached hydrogen (secondary N) is 1. The molecule has 9 nitrogen and oxygen atoms in total. The molecule has 5 rings (SSSR count). The number of nitrogens with two attached hydrogens (primary N) is 1. The third kappa shape index (κ3) is 4.22. The summed E-state index contributed by atoms with van der Waals surface area (Å²) >= 11 is 0. The maximum atomic E-state index is 12.0. The minimum absolute atomic E-state index is 0.437. The lowest BCUT2D eigenvalue weighted by molar-refractivity contribution is 0.100. The Bertz CT molecular complexity index is 1430. The second kappa shape index (κ2) is 9.05. The molecule has 1 amide bonds. The molecule has 0 saturated carbocycles. The molecule has 0 aliphatic carbocycles. The van der Waals surface area contributed by atoms with Gasteiger partial charge in [0.15, 0.2) is 11.6 Å². The summed E-state index contributed by atoms with van der Waals surface area (Å²) in [6.07, 6.45) is 3.72. The van der Waals surface area contributed by atoms with Crippen molar-refractivity contribution in [3.8, 4) is 11.5 Å². The zero-order chi connectivity index (χ0) is 24.7. The molecule has 5 N–H and O–H groups in total. The molecule has 0 fully saturated rings. The van der Waals surface area contributed by atoms with E-state index in [2.05, 4.69) is 10.2 Å². The molecule has 4 aromatic rings. The summed E-state index contributed by atoms with van der Waals surface area (Å²) < 4.78 is 1.93. The van der Waals surface area contributed by atoms with E-state index >= 15 is 0 Å². The minimum Gasteiger partial charge on any atom is -0.423 e. The van der Waals surface area contributed by atoms with Crippen molar-refractivity contribution >= 4 is 40.8 Å². The van der Waals surface area contributed by atoms with Gasteiger partial charge < -0.3 is 30.6 Å². The molecule has 2 aromatic heterocycles. The molecule has 0 saturated heterocycles. The maximum absolute atomic E-state index is 12.0. The number of hydrogen-bond donors (Lipinski definition) is 4. The molecule has 35 heavy (non-hydrogen) atoms. The fourth-order valence-corrected chi connectivity index (χ4v) is 4.80. The number of aryl methyl sites for hydroxylation is 2. The Balaban J connectivity index is 1.60. The van der Waals surface area contributed by atoms with Gasteiger partial charge in [0.1, 0.15) is 5.69 Å². The van der Waals surface area contributed by atoms with Crippen LogP contribution < -0.4 is 21.4 Å². The van der Waals surface area contributed by atoms with Crippen molar-refractivity contribution in [1.82, 2.24) is 14.5 Å². The minimum atomic E-state index is -1.52. The van der Waals surface area contributed by atoms with Gasteiger partial charge in [-0.05, 0) is 29.9 Å². The van der Waals surface area contributed by atoms with Gasteiger partial charge in [-0.3, -0.25) is 4.79 Å². The molecule has 1 aliphatic heterocycles. The van der Waals surface area contributed by atoms with Gasteiger partial charge in [0.05, 0.1) is 11.4 Å². The van der Waals surface area contributed by atoms with Crippen molar-refractivity contribution < 1.29 is 14.8 Å². The zero-order valence-corrected chi connectivity index (χ0v) is 19.7. The first-order valence-corrected chi connectivity index (χ1v) is 11.5. The largest absolute Gasteiger partial charge is 0.488 e. The number of primary amides is 1. The number of anilines is 2. The monoisotopic (exact) mass is 470 g/mol. The predicted octanol–water partition coefficient (Wildman–Crippen LogP) is 1.41. The van der Waals surface area contributed by atoms with Gasteiger partial charge in [-0.15, -0.1) is 0 Å². The molecular formula is C25H27BN6O3. The normalized spacial score (nSPS) is 13.1. The number of hydrogen-bond acceptors (Lipinski definition) is 7. The summed E-state index contributed by atoms with van der Waals surface area (Å²) in [6.45, 7) is 1.36. The molecule has 0 atom stereocenters. The Labute approximate surface area is 203 Å². The van der Waals surface area contributed by atoms with Crippen LogP contribution in [-0.4, -0.2) is 51.2 Å². The molecule has 178 valence electrons. The van der Waals surface area contributed by atoms with Gasteiger partial charge in [0, 0.05) is 49.7 Å². The summed E-state index contributed by atoms with van der Waals surface area (Å²) in [7, 11) is 2.43. The quantitative estimate of drug-likeness (QED) is 0.314. The molecule has 1 aliphatic rings. The molecule has 0 spiro atoms. The van der Waals surface area contributed by atoms with Crippen molar-refractivity contribution in [2.45, 2.75) is 19.4 Å². The lowest BCUT2D eigenvalue weighted by atomic mass is 9.80. The Morgan fingerprint density at radius 3 is 2.71 bits per heavy atom. The van der Waals surface area contributed by atoms with E-state index in [1.54, 1.807) is 24.3 Å². The molecular weight excluding hydrogens is 443 g/mol. The fourth-order valence-electron chi connectivity index (χ4n) is 4.80. The van der Waals surface area contributed by atoms with Crippen LogP contribution in [0.2, 0.25) is 0 Å². The molecule has 3 heterocycles. The van der Waals surface area contributed by atoms with Crippen molar-refractivity contribution in [3.63, 3.8) is 0 Å². The lowest BCUT2D eigenvalue weighted by Crippen LogP contribution is -2.30. The average Bonchev–Trinajstić information content (AvgIpc) is 3.18. The maximum Gasteiger partial charge on any atom is 0.488 e. The van der Waals surface area contributed by atoms with Crippen LogP contribution in [0.25, 0.3) is 22.3 Å². The fraction of sp³-hybridized carbons (Fsp3) is 0.240. The van der Waals surface area contributed by atoms with E-state index in [0.717, 1.165) is 52.8 Å². The molecule has 10 heteroatoms. The number of rotatable bonds is 6. The highest BCUT2D eigenvalue weighted by Gasteiger charge is 2.24. The van der Waals surface area contributed by atoms with Crippen LogP contribution in [0.4, 0.5) is 11.5 Å². The zero-order valence-electron chi connectivity index (χ0n) is 19.7. The highest BCUT2D eigenvalue weighted by molar-refractivity contribution is 6.58. The highest BCUT2D eigenvalue weighted by Crippen LogP contribution is 2.36. The summed E-state index contributed by atoms with van der Waals surface area (Å²) in [5, 5.41) is 24.1. The van der Waals surface area contributed by atoms with Gasteiger partial charge in [0.2, 0.25) is 5.91 Å². The van der Waals surface area contributed by atoms with Gasteiger partial charge >= 0.3 is 7.12 Å². The molecule has 2 aromatic carbocycles. The van der Waals surface area contributed by atoms with E-state index in [4.69, 9.17) is 15.7 Å². The van der Waals surface area contributed by atoms with Gasteiger partial charge in [0.25, 0.3) is 0 Å². The summed E-state index contributed by atoms with van der Waals surface area (Å²) in [5.41, 5.74) is 10.2. The Kier molecular flexibility index (Phi) is 5.92. The van der Waals surface area contributed by atoms with E-state index in [1.165, 1.54) is 0 Å². The number of nitrogens with zero attached hydrogens (tertiary/aromatic N) is 4. The molecule has 0 bridgehead atoms. The first-order valence-electron chi connectivity index (χ1n) is 11.5. The summed E-state index contributed by atoms with van der Waals surface area (Å²) in [4.78, 5) is 24.0. The summed E-state index contributed by atoms with van der Waals surface area (Å²) in [5.74, 6) is 0.807. The van der Waals surface area contributed by atoms with E-state index < -0.39 is 13.0 Å². The summed E-state index contributed by atoms with van der Waals surface area (Å²) in [6, 6.07) is 12.6. The van der Waals surface area contributed by atoms with Crippen molar-refractivity contribution in [2.24, 2.45) is 12.8 Å². The average molecular weight is 470 g/mol. The number of amides is 1. The topological polar surface area (TPSA) is 130 Å². The van der Waals surface area contributed by atoms with Crippen LogP contribution in [0.5, 0.6) is 0 Å². The highest BCUT2D eigenvalue weighted by atomic mass is 16.4. The lowest BCUT2D eigenvalue weighted by Gasteiger charge is -2.29. The standard InChI is InChI=1S/C25H27BN6O3/c1-31-11-5-10-20-22(31)24(28-13-15-6-3-7-16(12-15)26(34)35)30-25(29-20)21-17-8-4-9-18(23(27)33)19(17)14-32(21)2/h3-4,6-9,12,14,34-35H,5,10-11,13H2,1-2H3,(H2,27,33)(H,28,29,30). The first-order chi connectivity index (χ1) is 16.8. The van der Waals surface area contributed by atoms with Crippen LogP contribution in [0.3, 0.4) is 0 Å². The number of fused-ring (bicyclic) bond motifs is 2. The SMILES string of the molecule is CN1CCCc2nc(-c3c4cccc(C(N)=O)c4cn3C)nc(NCc3cccc(B(O)O)c3)c21. The molecule has 0 radical (unpaired) electrons. The van der Waals surface area contributed by atoms with Crippen LogP contribution in [-0.2, 0) is 20.0 Å². The van der Waals surface area contributed by atoms with Crippen LogP contribution in [0.15, 0.2) is 48.7 Å². The van der Waals surface area contributed by atoms with E-state index in [9.17, 15) is 14.8 Å². The first kappa shape index (κ1) is 22.9. The van der Waals surface area contributed by atoms with E-state index in [0.29, 0.717) is 29.2 Å². The number of aromatic nitrogens is 3. The second-order valence-electron chi connectivity index (χ2n) is 8.91. The van der Waals surface area contributed by atoms with Crippen LogP contribution >= 0.6 is 0 Å². The predicted molar refractivity (Wildman–Crippen MR) is 138 cm³/mol. The third-order valence-electron chi connectivity index (χ3n) is 6.47. The van der Waals surface area contributed by atoms with Crippen LogP contribution in [0, 0.1) is 0 Å². The number of benzene rings is 2. The second-order valence-corrected chi connectivity index (χ2v) is 8.91. The van der Waals surface area contributed by atoms with E-state index in [1.807, 2.05) is 43.1 Å². The Morgan fingerprint density at radius 2 is 1.94 bits per heavy atom. The third-order valence-corrected chi connectivity index (χ3v) is 6.47. The van der Waals surface area contributed by atoms with Crippen molar-refractivity contribution in [3.05, 3.63) is 65.5 Å². The van der Waals surface area contributed by atoms with Gasteiger partial charge in [-0.2, -0.15) is 0 Å². The number of carbonyl (C=O) groups is 1. The van der Waals surface area contributed by atoms with Crippen molar-refractivity contribution in [1.29, 1.82) is 0 Å². The van der Waals surface area contributed by atoms with Gasteiger partial charge in [-0.25, -0.2) is 9.97 Å². The van der Waals surface area contributed by atoms with E-state index in [-0.39, 0.29) is 0 Å². The Morgan fingerprint density at radius 1 is 1.14 bits per heavy atom. The van der Waals surface area contributed by atoms with Crippen LogP contribution in [0.1, 0.15) is 28.0 Å². The van der Waals surface area contributed by atoms with Crippen molar-refractivity contribution in [2.75, 3.05) is 23.8 Å². The molecule has 0 unspecified atom stereocenters.